The van der Waals surface area contributed by atoms with Crippen LogP contribution in [-0.2, 0) is 4.84 Å². The molecule has 0 saturated heterocycles. The number of hydroxylamine groups is 2. The number of amidine groups is 1. The molecule has 0 spiro atoms. The van der Waals surface area contributed by atoms with E-state index in [-0.39, 0.29) is 5.88 Å². The minimum Gasteiger partial charge on any atom is -0.494 e. The molecule has 0 rings (SSSR count). The number of aliphatic hydroxyl groups is 1. The van der Waals surface area contributed by atoms with Crippen LogP contribution in [0.5, 0.6) is 0 Å². The second-order valence-electron chi connectivity index (χ2n) is 2.41. The zero-order valence-corrected chi connectivity index (χ0v) is 7.87. The van der Waals surface area contributed by atoms with E-state index in [9.17, 15) is 0 Å². The van der Waals surface area contributed by atoms with Gasteiger partial charge in [0.1, 0.15) is 5.84 Å². The van der Waals surface area contributed by atoms with E-state index >= 15 is 0 Å². The molecule has 0 bridgehead atoms. The number of aliphatic hydroxyl groups excluding tert-OH is 1. The lowest BCUT2D eigenvalue weighted by molar-refractivity contribution is -0.0797. The highest BCUT2D eigenvalue weighted by molar-refractivity contribution is 5.79. The highest BCUT2D eigenvalue weighted by Crippen LogP contribution is 1.94. The standard InChI is InChI=1S/C8H16N2O2/c1-5-6-12-10(4)7(2)9-8(3)11/h11H,3,5-6H2,1-2,4H3/b9-7-. The van der Waals surface area contributed by atoms with Crippen molar-refractivity contribution >= 4 is 5.84 Å². The van der Waals surface area contributed by atoms with Crippen molar-refractivity contribution < 1.29 is 9.94 Å². The van der Waals surface area contributed by atoms with Crippen molar-refractivity contribution in [1.82, 2.24) is 5.06 Å². The molecule has 0 atom stereocenters. The van der Waals surface area contributed by atoms with Gasteiger partial charge < -0.3 is 5.11 Å². The number of hydrogen-bond acceptors (Lipinski definition) is 3. The first kappa shape index (κ1) is 11.0. The molecule has 0 aliphatic rings. The molecule has 0 aromatic heterocycles. The first-order chi connectivity index (χ1) is 5.57. The number of nitrogens with zero attached hydrogens (tertiary/aromatic N) is 2. The van der Waals surface area contributed by atoms with Gasteiger partial charge in [-0.1, -0.05) is 6.92 Å². The SMILES string of the molecule is C=C(O)/N=C(/C)N(C)OCCC. The van der Waals surface area contributed by atoms with E-state index in [1.54, 1.807) is 14.0 Å². The van der Waals surface area contributed by atoms with Gasteiger partial charge >= 0.3 is 0 Å². The Balaban J connectivity index is 3.91. The van der Waals surface area contributed by atoms with Crippen molar-refractivity contribution in [3.8, 4) is 0 Å². The summed E-state index contributed by atoms with van der Waals surface area (Å²) >= 11 is 0. The molecule has 0 aliphatic carbocycles. The lowest BCUT2D eigenvalue weighted by Gasteiger charge is -2.16. The molecule has 0 unspecified atom stereocenters. The summed E-state index contributed by atoms with van der Waals surface area (Å²) < 4.78 is 0. The number of hydrogen-bond donors (Lipinski definition) is 1. The van der Waals surface area contributed by atoms with E-state index < -0.39 is 0 Å². The van der Waals surface area contributed by atoms with Gasteiger partial charge in [0.2, 0.25) is 5.88 Å². The summed E-state index contributed by atoms with van der Waals surface area (Å²) in [7, 11) is 1.73. The monoisotopic (exact) mass is 172 g/mol. The lowest BCUT2D eigenvalue weighted by atomic mass is 10.5. The van der Waals surface area contributed by atoms with E-state index in [2.05, 4.69) is 11.6 Å². The summed E-state index contributed by atoms with van der Waals surface area (Å²) in [5, 5.41) is 10.2. The van der Waals surface area contributed by atoms with E-state index in [0.29, 0.717) is 12.4 Å². The van der Waals surface area contributed by atoms with Gasteiger partial charge in [0.25, 0.3) is 0 Å². The molecule has 4 nitrogen and oxygen atoms in total. The van der Waals surface area contributed by atoms with E-state index in [0.717, 1.165) is 6.42 Å². The predicted molar refractivity (Wildman–Crippen MR) is 48.9 cm³/mol. The molecule has 0 radical (unpaired) electrons. The van der Waals surface area contributed by atoms with Crippen LogP contribution in [0, 0.1) is 0 Å². The molecule has 1 N–H and O–H groups in total. The summed E-state index contributed by atoms with van der Waals surface area (Å²) in [4.78, 5) is 8.91. The first-order valence-electron chi connectivity index (χ1n) is 3.87. The molecule has 0 saturated carbocycles. The fourth-order valence-corrected chi connectivity index (χ4v) is 0.579. The van der Waals surface area contributed by atoms with E-state index in [1.807, 2.05) is 6.92 Å². The maximum atomic E-state index is 8.73. The third-order valence-electron chi connectivity index (χ3n) is 1.24. The molecule has 70 valence electrons. The average Bonchev–Trinajstić information content (AvgIpc) is 1.98. The lowest BCUT2D eigenvalue weighted by Crippen LogP contribution is -2.25. The molecule has 12 heavy (non-hydrogen) atoms. The van der Waals surface area contributed by atoms with Gasteiger partial charge in [-0.2, -0.15) is 4.99 Å². The van der Waals surface area contributed by atoms with Gasteiger partial charge in [0.15, 0.2) is 0 Å². The minimum absolute atomic E-state index is 0.209. The largest absolute Gasteiger partial charge is 0.494 e. The van der Waals surface area contributed by atoms with Crippen LogP contribution in [0.2, 0.25) is 0 Å². The van der Waals surface area contributed by atoms with Crippen molar-refractivity contribution in [2.75, 3.05) is 13.7 Å². The Bertz CT molecular complexity index is 178. The fraction of sp³-hybridized carbons (Fsp3) is 0.625. The number of rotatable bonds is 4. The normalized spacial score (nSPS) is 11.4. The van der Waals surface area contributed by atoms with Crippen molar-refractivity contribution in [3.05, 3.63) is 12.5 Å². The van der Waals surface area contributed by atoms with Crippen molar-refractivity contribution in [2.24, 2.45) is 4.99 Å². The summed E-state index contributed by atoms with van der Waals surface area (Å²) in [6, 6.07) is 0. The molecule has 0 aromatic rings. The van der Waals surface area contributed by atoms with Gasteiger partial charge in [-0.05, 0) is 19.9 Å². The Morgan fingerprint density at radius 1 is 1.67 bits per heavy atom. The Morgan fingerprint density at radius 2 is 2.25 bits per heavy atom. The van der Waals surface area contributed by atoms with Crippen molar-refractivity contribution in [1.29, 1.82) is 0 Å². The Morgan fingerprint density at radius 3 is 2.67 bits per heavy atom. The van der Waals surface area contributed by atoms with Crippen LogP contribution in [0.15, 0.2) is 17.5 Å². The van der Waals surface area contributed by atoms with Gasteiger partial charge in [-0.3, -0.25) is 4.84 Å². The molecule has 0 amide bonds. The topological polar surface area (TPSA) is 45.1 Å². The second kappa shape index (κ2) is 5.60. The van der Waals surface area contributed by atoms with Crippen LogP contribution >= 0.6 is 0 Å². The van der Waals surface area contributed by atoms with Crippen molar-refractivity contribution in [3.63, 3.8) is 0 Å². The van der Waals surface area contributed by atoms with Gasteiger partial charge in [0.05, 0.1) is 6.61 Å². The fourth-order valence-electron chi connectivity index (χ4n) is 0.579. The molecule has 4 heteroatoms. The van der Waals surface area contributed by atoms with Crippen LogP contribution in [0.25, 0.3) is 0 Å². The highest BCUT2D eigenvalue weighted by Gasteiger charge is 1.99. The maximum absolute atomic E-state index is 8.73. The van der Waals surface area contributed by atoms with E-state index in [1.165, 1.54) is 5.06 Å². The quantitative estimate of drug-likeness (QED) is 0.304. The van der Waals surface area contributed by atoms with Crippen LogP contribution in [0.3, 0.4) is 0 Å². The molecule has 0 aromatic carbocycles. The zero-order chi connectivity index (χ0) is 9.56. The van der Waals surface area contributed by atoms with Gasteiger partial charge in [-0.15, -0.1) is 0 Å². The van der Waals surface area contributed by atoms with Gasteiger partial charge in [0, 0.05) is 7.05 Å². The van der Waals surface area contributed by atoms with E-state index in [4.69, 9.17) is 9.94 Å². The molecule has 0 fully saturated rings. The van der Waals surface area contributed by atoms with Crippen LogP contribution < -0.4 is 0 Å². The highest BCUT2D eigenvalue weighted by atomic mass is 16.7. The van der Waals surface area contributed by atoms with Crippen LogP contribution in [-0.4, -0.2) is 29.7 Å². The zero-order valence-electron chi connectivity index (χ0n) is 7.87. The molecule has 0 heterocycles. The summed E-state index contributed by atoms with van der Waals surface area (Å²) in [6.07, 6.45) is 0.942. The smallest absolute Gasteiger partial charge is 0.204 e. The minimum atomic E-state index is -0.209. The van der Waals surface area contributed by atoms with Crippen molar-refractivity contribution in [2.45, 2.75) is 20.3 Å². The third kappa shape index (κ3) is 4.73. The summed E-state index contributed by atoms with van der Waals surface area (Å²) in [5.41, 5.74) is 0. The first-order valence-corrected chi connectivity index (χ1v) is 3.87. The average molecular weight is 172 g/mol. The second-order valence-corrected chi connectivity index (χ2v) is 2.41. The van der Waals surface area contributed by atoms with Crippen LogP contribution in [0.1, 0.15) is 20.3 Å². The summed E-state index contributed by atoms with van der Waals surface area (Å²) in [5.74, 6) is 0.371. The summed E-state index contributed by atoms with van der Waals surface area (Å²) in [6.45, 7) is 7.64. The Labute approximate surface area is 73.1 Å². The van der Waals surface area contributed by atoms with Gasteiger partial charge in [-0.25, -0.2) is 5.06 Å². The maximum Gasteiger partial charge on any atom is 0.204 e. The molecule has 0 aliphatic heterocycles. The molecular formula is C8H16N2O2. The predicted octanol–water partition coefficient (Wildman–Crippen LogP) is 1.71. The van der Waals surface area contributed by atoms with Crippen LogP contribution in [0.4, 0.5) is 0 Å². The Hall–Kier alpha value is -1.03. The Kier molecular flexibility index (Phi) is 5.12. The number of aliphatic imine (C=N–C) groups is 1. The third-order valence-corrected chi connectivity index (χ3v) is 1.24. The molecular weight excluding hydrogens is 156 g/mol.